The summed E-state index contributed by atoms with van der Waals surface area (Å²) in [5.41, 5.74) is -0.326. The lowest BCUT2D eigenvalue weighted by Gasteiger charge is -2.12. The SMILES string of the molecule is CNc1cc(Cl)c(C(F)(F)F)c(Br)c1. The lowest BCUT2D eigenvalue weighted by molar-refractivity contribution is -0.138. The highest BCUT2D eigenvalue weighted by atomic mass is 79.9. The molecule has 0 amide bonds. The largest absolute Gasteiger partial charge is 0.418 e. The fourth-order valence-corrected chi connectivity index (χ4v) is 2.11. The number of anilines is 1. The Balaban J connectivity index is 3.33. The molecular formula is C8H6BrClF3N. The smallest absolute Gasteiger partial charge is 0.388 e. The molecule has 0 radical (unpaired) electrons. The van der Waals surface area contributed by atoms with Crippen molar-refractivity contribution in [2.45, 2.75) is 6.18 Å². The van der Waals surface area contributed by atoms with Gasteiger partial charge in [-0.2, -0.15) is 13.2 Å². The van der Waals surface area contributed by atoms with Gasteiger partial charge in [0.1, 0.15) is 0 Å². The molecule has 0 aliphatic carbocycles. The van der Waals surface area contributed by atoms with Gasteiger partial charge in [-0.3, -0.25) is 0 Å². The summed E-state index contributed by atoms with van der Waals surface area (Å²) in [6.45, 7) is 0. The van der Waals surface area contributed by atoms with E-state index in [-0.39, 0.29) is 9.50 Å². The van der Waals surface area contributed by atoms with Gasteiger partial charge in [-0.25, -0.2) is 0 Å². The summed E-state index contributed by atoms with van der Waals surface area (Å²) in [5.74, 6) is 0. The van der Waals surface area contributed by atoms with Crippen LogP contribution in [0.25, 0.3) is 0 Å². The number of rotatable bonds is 1. The quantitative estimate of drug-likeness (QED) is 0.818. The minimum Gasteiger partial charge on any atom is -0.388 e. The van der Waals surface area contributed by atoms with Gasteiger partial charge < -0.3 is 5.32 Å². The Kier molecular flexibility index (Phi) is 3.32. The van der Waals surface area contributed by atoms with E-state index >= 15 is 0 Å². The fraction of sp³-hybridized carbons (Fsp3) is 0.250. The number of benzene rings is 1. The third kappa shape index (κ3) is 2.33. The van der Waals surface area contributed by atoms with E-state index in [0.29, 0.717) is 5.69 Å². The summed E-state index contributed by atoms with van der Waals surface area (Å²) >= 11 is 8.34. The van der Waals surface area contributed by atoms with Crippen molar-refractivity contribution in [2.24, 2.45) is 0 Å². The maximum absolute atomic E-state index is 12.4. The molecular weight excluding hydrogens is 282 g/mol. The van der Waals surface area contributed by atoms with E-state index in [1.807, 2.05) is 0 Å². The molecule has 6 heteroatoms. The Hall–Kier alpha value is -0.420. The summed E-state index contributed by atoms with van der Waals surface area (Å²) < 4.78 is 37.2. The summed E-state index contributed by atoms with van der Waals surface area (Å²) in [4.78, 5) is 0. The third-order valence-corrected chi connectivity index (χ3v) is 2.54. The van der Waals surface area contributed by atoms with E-state index in [2.05, 4.69) is 21.2 Å². The predicted octanol–water partition coefficient (Wildman–Crippen LogP) is 4.16. The first-order valence-corrected chi connectivity index (χ1v) is 4.77. The van der Waals surface area contributed by atoms with Gasteiger partial charge >= 0.3 is 6.18 Å². The van der Waals surface area contributed by atoms with Gasteiger partial charge in [0, 0.05) is 17.2 Å². The molecule has 1 aromatic carbocycles. The van der Waals surface area contributed by atoms with Crippen molar-refractivity contribution in [1.29, 1.82) is 0 Å². The van der Waals surface area contributed by atoms with Crippen molar-refractivity contribution in [1.82, 2.24) is 0 Å². The van der Waals surface area contributed by atoms with Crippen LogP contribution in [0.15, 0.2) is 16.6 Å². The molecule has 1 aromatic rings. The van der Waals surface area contributed by atoms with Crippen LogP contribution in [0.2, 0.25) is 5.02 Å². The van der Waals surface area contributed by atoms with Gasteiger partial charge in [0.25, 0.3) is 0 Å². The van der Waals surface area contributed by atoms with Crippen LogP contribution < -0.4 is 5.32 Å². The van der Waals surface area contributed by atoms with Crippen LogP contribution in [0.4, 0.5) is 18.9 Å². The maximum atomic E-state index is 12.4. The second-order valence-electron chi connectivity index (χ2n) is 2.56. The molecule has 0 atom stereocenters. The van der Waals surface area contributed by atoms with E-state index in [1.165, 1.54) is 12.1 Å². The number of hydrogen-bond donors (Lipinski definition) is 1. The first-order chi connectivity index (χ1) is 6.36. The van der Waals surface area contributed by atoms with E-state index < -0.39 is 11.7 Å². The Bertz CT molecular complexity index is 328. The first-order valence-electron chi connectivity index (χ1n) is 3.60. The maximum Gasteiger partial charge on any atom is 0.418 e. The molecule has 14 heavy (non-hydrogen) atoms. The molecule has 1 N–H and O–H groups in total. The molecule has 0 aliphatic rings. The zero-order valence-electron chi connectivity index (χ0n) is 7.04. The van der Waals surface area contributed by atoms with E-state index in [4.69, 9.17) is 11.6 Å². The Morgan fingerprint density at radius 1 is 1.36 bits per heavy atom. The minimum atomic E-state index is -4.44. The average molecular weight is 288 g/mol. The van der Waals surface area contributed by atoms with Gasteiger partial charge in [0.15, 0.2) is 0 Å². The molecule has 0 bridgehead atoms. The molecule has 0 fully saturated rings. The standard InChI is InChI=1S/C8H6BrClF3N/c1-14-4-2-5(9)7(6(10)3-4)8(11,12)13/h2-3,14H,1H3. The lowest BCUT2D eigenvalue weighted by atomic mass is 10.2. The highest BCUT2D eigenvalue weighted by molar-refractivity contribution is 9.10. The van der Waals surface area contributed by atoms with Crippen LogP contribution in [-0.4, -0.2) is 7.05 Å². The van der Waals surface area contributed by atoms with Gasteiger partial charge in [0.2, 0.25) is 0 Å². The van der Waals surface area contributed by atoms with Gasteiger partial charge in [-0.1, -0.05) is 27.5 Å². The monoisotopic (exact) mass is 287 g/mol. The third-order valence-electron chi connectivity index (χ3n) is 1.61. The van der Waals surface area contributed by atoms with E-state index in [1.54, 1.807) is 7.05 Å². The highest BCUT2D eigenvalue weighted by Crippen LogP contribution is 2.41. The molecule has 0 aromatic heterocycles. The van der Waals surface area contributed by atoms with E-state index in [0.717, 1.165) is 0 Å². The van der Waals surface area contributed by atoms with Crippen molar-refractivity contribution in [3.8, 4) is 0 Å². The molecule has 0 spiro atoms. The highest BCUT2D eigenvalue weighted by Gasteiger charge is 2.35. The molecule has 0 unspecified atom stereocenters. The van der Waals surface area contributed by atoms with Gasteiger partial charge in [-0.15, -0.1) is 0 Å². The Labute approximate surface area is 92.4 Å². The summed E-state index contributed by atoms with van der Waals surface area (Å²) in [6.07, 6.45) is -4.44. The van der Waals surface area contributed by atoms with Crippen molar-refractivity contribution in [2.75, 3.05) is 12.4 Å². The van der Waals surface area contributed by atoms with Crippen LogP contribution >= 0.6 is 27.5 Å². The molecule has 0 aliphatic heterocycles. The van der Waals surface area contributed by atoms with Crippen LogP contribution in [-0.2, 0) is 6.18 Å². The van der Waals surface area contributed by atoms with Crippen molar-refractivity contribution in [3.63, 3.8) is 0 Å². The second kappa shape index (κ2) is 3.98. The topological polar surface area (TPSA) is 12.0 Å². The Morgan fingerprint density at radius 3 is 2.29 bits per heavy atom. The molecule has 1 rings (SSSR count). The molecule has 78 valence electrons. The Morgan fingerprint density at radius 2 is 1.93 bits per heavy atom. The minimum absolute atomic E-state index is 0.0677. The van der Waals surface area contributed by atoms with Crippen molar-refractivity contribution >= 4 is 33.2 Å². The number of alkyl halides is 3. The van der Waals surface area contributed by atoms with Crippen LogP contribution in [0.1, 0.15) is 5.56 Å². The normalized spacial score (nSPS) is 11.6. The predicted molar refractivity (Wildman–Crippen MR) is 53.7 cm³/mol. The molecule has 0 heterocycles. The van der Waals surface area contributed by atoms with Crippen LogP contribution in [0.5, 0.6) is 0 Å². The van der Waals surface area contributed by atoms with Crippen molar-refractivity contribution < 1.29 is 13.2 Å². The van der Waals surface area contributed by atoms with Crippen molar-refractivity contribution in [3.05, 3.63) is 27.2 Å². The first kappa shape index (κ1) is 11.7. The van der Waals surface area contributed by atoms with Crippen LogP contribution in [0.3, 0.4) is 0 Å². The molecule has 0 saturated heterocycles. The second-order valence-corrected chi connectivity index (χ2v) is 3.82. The summed E-state index contributed by atoms with van der Waals surface area (Å²) in [5, 5.41) is 2.38. The lowest BCUT2D eigenvalue weighted by Crippen LogP contribution is -2.07. The number of hydrogen-bond acceptors (Lipinski definition) is 1. The zero-order valence-corrected chi connectivity index (χ0v) is 9.39. The van der Waals surface area contributed by atoms with Gasteiger partial charge in [-0.05, 0) is 12.1 Å². The number of nitrogens with one attached hydrogen (secondary N) is 1. The number of halogens is 5. The van der Waals surface area contributed by atoms with Gasteiger partial charge in [0.05, 0.1) is 10.6 Å². The molecule has 1 nitrogen and oxygen atoms in total. The zero-order chi connectivity index (χ0) is 10.9. The van der Waals surface area contributed by atoms with Crippen LogP contribution in [0, 0.1) is 0 Å². The summed E-state index contributed by atoms with van der Waals surface area (Å²) in [6, 6.07) is 2.56. The fourth-order valence-electron chi connectivity index (χ4n) is 0.988. The summed E-state index contributed by atoms with van der Waals surface area (Å²) in [7, 11) is 1.60. The average Bonchev–Trinajstić information content (AvgIpc) is 1.99. The molecule has 0 saturated carbocycles. The van der Waals surface area contributed by atoms with E-state index in [9.17, 15) is 13.2 Å².